The van der Waals surface area contributed by atoms with Crippen LogP contribution < -0.4 is 14.8 Å². The number of anilines is 1. The van der Waals surface area contributed by atoms with Crippen LogP contribution in [0.15, 0.2) is 83.8 Å². The summed E-state index contributed by atoms with van der Waals surface area (Å²) in [5.41, 5.74) is 3.84. The number of sulfonamides is 1. The summed E-state index contributed by atoms with van der Waals surface area (Å²) in [6, 6.07) is 20.2. The Labute approximate surface area is 194 Å². The summed E-state index contributed by atoms with van der Waals surface area (Å²) < 4.78 is 34.0. The van der Waals surface area contributed by atoms with Crippen LogP contribution in [0.3, 0.4) is 0 Å². The molecular formula is C26H26N2O4S. The van der Waals surface area contributed by atoms with Crippen LogP contribution in [0, 0.1) is 5.92 Å². The van der Waals surface area contributed by atoms with E-state index >= 15 is 0 Å². The first-order valence-electron chi connectivity index (χ1n) is 10.9. The average Bonchev–Trinajstić information content (AvgIpc) is 3.33. The molecule has 7 heteroatoms. The maximum atomic E-state index is 13.0. The molecule has 1 aliphatic carbocycles. The Morgan fingerprint density at radius 1 is 1.09 bits per heavy atom. The van der Waals surface area contributed by atoms with E-state index in [0.717, 1.165) is 28.8 Å². The molecule has 1 aliphatic heterocycles. The smallest absolute Gasteiger partial charge is 0.240 e. The zero-order chi connectivity index (χ0) is 23.0. The molecule has 3 atom stereocenters. The van der Waals surface area contributed by atoms with Crippen molar-refractivity contribution in [1.29, 1.82) is 0 Å². The Bertz CT molecular complexity index is 1310. The van der Waals surface area contributed by atoms with Gasteiger partial charge < -0.3 is 15.2 Å². The van der Waals surface area contributed by atoms with Gasteiger partial charge in [-0.3, -0.25) is 0 Å². The van der Waals surface area contributed by atoms with Crippen molar-refractivity contribution in [1.82, 2.24) is 4.72 Å². The van der Waals surface area contributed by atoms with Gasteiger partial charge in [0.2, 0.25) is 10.0 Å². The van der Waals surface area contributed by atoms with Gasteiger partial charge in [-0.05, 0) is 59.4 Å². The van der Waals surface area contributed by atoms with Gasteiger partial charge >= 0.3 is 0 Å². The second-order valence-corrected chi connectivity index (χ2v) is 10.2. The van der Waals surface area contributed by atoms with Crippen LogP contribution >= 0.6 is 0 Å². The number of phenolic OH excluding ortho intramolecular Hbond substituents is 1. The van der Waals surface area contributed by atoms with Gasteiger partial charge in [0.15, 0.2) is 11.5 Å². The lowest BCUT2D eigenvalue weighted by Crippen LogP contribution is -2.30. The van der Waals surface area contributed by atoms with Gasteiger partial charge in [-0.1, -0.05) is 48.6 Å². The zero-order valence-corrected chi connectivity index (χ0v) is 19.0. The molecule has 0 fully saturated rings. The van der Waals surface area contributed by atoms with Gasteiger partial charge in [0.05, 0.1) is 18.0 Å². The fourth-order valence-corrected chi connectivity index (χ4v) is 5.87. The van der Waals surface area contributed by atoms with Crippen molar-refractivity contribution >= 4 is 15.7 Å². The summed E-state index contributed by atoms with van der Waals surface area (Å²) in [4.78, 5) is 0.266. The molecule has 0 amide bonds. The molecule has 0 saturated carbocycles. The molecule has 3 N–H and O–H groups in total. The molecule has 6 nitrogen and oxygen atoms in total. The number of hydrogen-bond acceptors (Lipinski definition) is 5. The highest BCUT2D eigenvalue weighted by Crippen LogP contribution is 2.50. The van der Waals surface area contributed by atoms with E-state index in [2.05, 4.69) is 22.2 Å². The Kier molecular flexibility index (Phi) is 5.60. The standard InChI is InChI=1S/C26H26N2O4S/c1-32-25-14-18(10-13-24(25)29)26-21-9-5-8-20(21)22-15-19(11-12-23(22)28-26)33(30,31)27-16-17-6-3-2-4-7-17/h2-8,10-15,20-21,26-29H,9,16H2,1H3. The third-order valence-electron chi connectivity index (χ3n) is 6.52. The Morgan fingerprint density at radius 2 is 1.91 bits per heavy atom. The van der Waals surface area contributed by atoms with Gasteiger partial charge in [-0.2, -0.15) is 0 Å². The van der Waals surface area contributed by atoms with Crippen molar-refractivity contribution in [2.45, 2.75) is 29.8 Å². The molecule has 0 radical (unpaired) electrons. The van der Waals surface area contributed by atoms with Crippen LogP contribution in [0.4, 0.5) is 5.69 Å². The Hall–Kier alpha value is -3.29. The summed E-state index contributed by atoms with van der Waals surface area (Å²) in [6.45, 7) is 0.245. The quantitative estimate of drug-likeness (QED) is 0.462. The Morgan fingerprint density at radius 3 is 2.70 bits per heavy atom. The molecule has 0 spiro atoms. The van der Waals surface area contributed by atoms with Gasteiger partial charge in [0, 0.05) is 18.2 Å². The number of benzene rings is 3. The van der Waals surface area contributed by atoms with Crippen LogP contribution in [-0.4, -0.2) is 20.6 Å². The lowest BCUT2D eigenvalue weighted by Gasteiger charge is -2.37. The molecule has 0 bridgehead atoms. The van der Waals surface area contributed by atoms with E-state index in [1.807, 2.05) is 48.5 Å². The predicted molar refractivity (Wildman–Crippen MR) is 128 cm³/mol. The number of methoxy groups -OCH3 is 1. The maximum Gasteiger partial charge on any atom is 0.240 e. The molecular weight excluding hydrogens is 436 g/mol. The minimum Gasteiger partial charge on any atom is -0.504 e. The molecule has 2 aliphatic rings. The minimum atomic E-state index is -3.65. The number of rotatable bonds is 6. The van der Waals surface area contributed by atoms with E-state index in [1.54, 1.807) is 18.2 Å². The normalized spacial score (nSPS) is 21.2. The first-order chi connectivity index (χ1) is 16.0. The fourth-order valence-electron chi connectivity index (χ4n) is 4.81. The number of ether oxygens (including phenoxy) is 1. The first kappa shape index (κ1) is 21.6. The number of hydrogen-bond donors (Lipinski definition) is 3. The molecule has 3 aromatic rings. The van der Waals surface area contributed by atoms with Crippen molar-refractivity contribution in [2.75, 3.05) is 12.4 Å². The molecule has 0 aromatic heterocycles. The van der Waals surface area contributed by atoms with Crippen molar-refractivity contribution < 1.29 is 18.3 Å². The summed E-state index contributed by atoms with van der Waals surface area (Å²) in [5, 5.41) is 13.6. The topological polar surface area (TPSA) is 87.7 Å². The Balaban J connectivity index is 1.44. The molecule has 1 heterocycles. The summed E-state index contributed by atoms with van der Waals surface area (Å²) in [7, 11) is -2.11. The van der Waals surface area contributed by atoms with E-state index in [4.69, 9.17) is 4.74 Å². The lowest BCUT2D eigenvalue weighted by atomic mass is 9.77. The highest BCUT2D eigenvalue weighted by Gasteiger charge is 2.38. The van der Waals surface area contributed by atoms with Gasteiger partial charge in [-0.15, -0.1) is 0 Å². The molecule has 3 unspecified atom stereocenters. The highest BCUT2D eigenvalue weighted by molar-refractivity contribution is 7.89. The molecule has 33 heavy (non-hydrogen) atoms. The number of nitrogens with one attached hydrogen (secondary N) is 2. The van der Waals surface area contributed by atoms with Crippen molar-refractivity contribution in [3.8, 4) is 11.5 Å². The monoisotopic (exact) mass is 462 g/mol. The highest BCUT2D eigenvalue weighted by atomic mass is 32.2. The largest absolute Gasteiger partial charge is 0.504 e. The maximum absolute atomic E-state index is 13.0. The van der Waals surface area contributed by atoms with Crippen LogP contribution in [0.5, 0.6) is 11.5 Å². The van der Waals surface area contributed by atoms with E-state index in [0.29, 0.717) is 5.75 Å². The van der Waals surface area contributed by atoms with Crippen molar-refractivity contribution in [3.63, 3.8) is 0 Å². The van der Waals surface area contributed by atoms with Crippen LogP contribution in [-0.2, 0) is 16.6 Å². The fraction of sp³-hybridized carbons (Fsp3) is 0.231. The van der Waals surface area contributed by atoms with Crippen LogP contribution in [0.1, 0.15) is 35.1 Å². The third kappa shape index (κ3) is 4.10. The molecule has 5 rings (SSSR count). The van der Waals surface area contributed by atoms with Crippen molar-refractivity contribution in [2.24, 2.45) is 5.92 Å². The third-order valence-corrected chi connectivity index (χ3v) is 7.92. The molecule has 3 aromatic carbocycles. The first-order valence-corrected chi connectivity index (χ1v) is 12.4. The summed E-state index contributed by atoms with van der Waals surface area (Å²) in [6.07, 6.45) is 5.21. The number of fused-ring (bicyclic) bond motifs is 3. The second kappa shape index (κ2) is 8.57. The summed E-state index contributed by atoms with van der Waals surface area (Å²) in [5.74, 6) is 0.891. The van der Waals surface area contributed by atoms with E-state index in [1.165, 1.54) is 7.11 Å². The lowest BCUT2D eigenvalue weighted by molar-refractivity contribution is 0.370. The van der Waals surface area contributed by atoms with Crippen molar-refractivity contribution in [3.05, 3.63) is 95.6 Å². The zero-order valence-electron chi connectivity index (χ0n) is 18.2. The van der Waals surface area contributed by atoms with E-state index in [9.17, 15) is 13.5 Å². The van der Waals surface area contributed by atoms with Crippen LogP contribution in [0.25, 0.3) is 0 Å². The minimum absolute atomic E-state index is 0.0191. The average molecular weight is 463 g/mol. The van der Waals surface area contributed by atoms with E-state index < -0.39 is 10.0 Å². The van der Waals surface area contributed by atoms with Gasteiger partial charge in [0.1, 0.15) is 0 Å². The number of aromatic hydroxyl groups is 1. The van der Waals surface area contributed by atoms with Gasteiger partial charge in [-0.25, -0.2) is 13.1 Å². The molecule has 0 saturated heterocycles. The summed E-state index contributed by atoms with van der Waals surface area (Å²) >= 11 is 0. The number of phenols is 1. The van der Waals surface area contributed by atoms with E-state index in [-0.39, 0.29) is 35.1 Å². The number of allylic oxidation sites excluding steroid dienone is 2. The molecule has 170 valence electrons. The SMILES string of the molecule is COc1cc(C2Nc3ccc(S(=O)(=O)NCc4ccccc4)cc3C3C=CCC32)ccc1O. The van der Waals surface area contributed by atoms with Crippen LogP contribution in [0.2, 0.25) is 0 Å². The van der Waals surface area contributed by atoms with Gasteiger partial charge in [0.25, 0.3) is 0 Å². The second-order valence-electron chi connectivity index (χ2n) is 8.47. The predicted octanol–water partition coefficient (Wildman–Crippen LogP) is 4.71.